The van der Waals surface area contributed by atoms with Gasteiger partial charge in [0.2, 0.25) is 0 Å². The van der Waals surface area contributed by atoms with Gasteiger partial charge in [0.05, 0.1) is 6.26 Å². The third kappa shape index (κ3) is 2.09. The first-order valence-electron chi connectivity index (χ1n) is 8.59. The van der Waals surface area contributed by atoms with Gasteiger partial charge < -0.3 is 14.0 Å². The highest BCUT2D eigenvalue weighted by atomic mass is 16.5. The average molecular weight is 325 g/mol. The predicted octanol–water partition coefficient (Wildman–Crippen LogP) is 4.95. The minimum absolute atomic E-state index is 0.0168. The molecule has 3 aromatic rings. The quantitative estimate of drug-likeness (QED) is 0.470. The summed E-state index contributed by atoms with van der Waals surface area (Å²) in [6.07, 6.45) is 6.03. The Morgan fingerprint density at radius 2 is 1.75 bits per heavy atom. The molecule has 126 valence electrons. The van der Waals surface area contributed by atoms with Crippen molar-refractivity contribution in [3.63, 3.8) is 0 Å². The van der Waals surface area contributed by atoms with Crippen molar-refractivity contribution in [3.05, 3.63) is 40.1 Å². The first kappa shape index (κ1) is 15.3. The van der Waals surface area contributed by atoms with Crippen LogP contribution in [0.2, 0.25) is 0 Å². The molecule has 0 spiro atoms. The normalized spacial score (nSPS) is 16.1. The van der Waals surface area contributed by atoms with Crippen molar-refractivity contribution in [2.24, 2.45) is 5.16 Å². The summed E-state index contributed by atoms with van der Waals surface area (Å²) in [5.74, 6) is 0. The lowest BCUT2D eigenvalue weighted by Gasteiger charge is -2.19. The van der Waals surface area contributed by atoms with E-state index in [1.807, 2.05) is 13.2 Å². The van der Waals surface area contributed by atoms with E-state index in [4.69, 9.17) is 8.83 Å². The van der Waals surface area contributed by atoms with Crippen molar-refractivity contribution < 1.29 is 14.0 Å². The van der Waals surface area contributed by atoms with Gasteiger partial charge in [0.1, 0.15) is 11.2 Å². The van der Waals surface area contributed by atoms with Crippen molar-refractivity contribution in [1.82, 2.24) is 0 Å². The summed E-state index contributed by atoms with van der Waals surface area (Å²) in [7, 11) is 0. The highest BCUT2D eigenvalue weighted by molar-refractivity contribution is 6.00. The van der Waals surface area contributed by atoms with E-state index in [1.54, 1.807) is 0 Å². The van der Waals surface area contributed by atoms with Gasteiger partial charge in [-0.2, -0.15) is 0 Å². The van der Waals surface area contributed by atoms with Gasteiger partial charge in [0.15, 0.2) is 0 Å². The lowest BCUT2D eigenvalue weighted by Crippen LogP contribution is -2.17. The van der Waals surface area contributed by atoms with E-state index >= 15 is 0 Å². The molecule has 0 unspecified atom stereocenters. The fourth-order valence-corrected chi connectivity index (χ4v) is 3.93. The fraction of sp³-hybridized carbons (Fsp3) is 0.450. The number of hydrogen-bond acceptors (Lipinski definition) is 4. The van der Waals surface area contributed by atoms with Crippen LogP contribution in [0.5, 0.6) is 0 Å². The van der Waals surface area contributed by atoms with Crippen molar-refractivity contribution in [2.45, 2.75) is 58.8 Å². The molecule has 0 saturated carbocycles. The van der Waals surface area contributed by atoms with E-state index in [1.165, 1.54) is 11.1 Å². The summed E-state index contributed by atoms with van der Waals surface area (Å²) in [4.78, 5) is 0. The molecular weight excluding hydrogens is 302 g/mol. The standard InChI is InChI=1S/C20H23NO3/c1-11-17-15(16(10-23-17)20(2,3)4)9-14-12-7-5-6-8-13(12)19(21-22)24-18(11)14/h9-10,22H,5-8H2,1-4H3/b21-19+. The van der Waals surface area contributed by atoms with Gasteiger partial charge in [-0.15, -0.1) is 0 Å². The molecule has 0 saturated heterocycles. The van der Waals surface area contributed by atoms with Gasteiger partial charge in [-0.3, -0.25) is 0 Å². The molecule has 0 amide bonds. The van der Waals surface area contributed by atoms with Crippen LogP contribution in [-0.2, 0) is 18.3 Å². The highest BCUT2D eigenvalue weighted by Crippen LogP contribution is 2.38. The number of fused-ring (bicyclic) bond motifs is 4. The van der Waals surface area contributed by atoms with Crippen LogP contribution in [0.3, 0.4) is 0 Å². The van der Waals surface area contributed by atoms with Gasteiger partial charge in [0, 0.05) is 27.5 Å². The van der Waals surface area contributed by atoms with Crippen LogP contribution in [0.4, 0.5) is 0 Å². The highest BCUT2D eigenvalue weighted by Gasteiger charge is 2.24. The van der Waals surface area contributed by atoms with E-state index < -0.39 is 0 Å². The largest absolute Gasteiger partial charge is 0.464 e. The van der Waals surface area contributed by atoms with Crippen LogP contribution >= 0.6 is 0 Å². The van der Waals surface area contributed by atoms with Crippen LogP contribution in [0.1, 0.15) is 55.9 Å². The number of furan rings is 1. The maximum atomic E-state index is 9.38. The second kappa shape index (κ2) is 5.13. The van der Waals surface area contributed by atoms with E-state index in [2.05, 4.69) is 32.0 Å². The number of aryl methyl sites for hydroxylation is 2. The summed E-state index contributed by atoms with van der Waals surface area (Å²) < 4.78 is 11.8. The third-order valence-corrected chi connectivity index (χ3v) is 5.19. The number of rotatable bonds is 0. The van der Waals surface area contributed by atoms with E-state index in [0.717, 1.165) is 58.7 Å². The second-order valence-corrected chi connectivity index (χ2v) is 7.83. The Morgan fingerprint density at radius 3 is 2.42 bits per heavy atom. The molecule has 1 N–H and O–H groups in total. The zero-order valence-electron chi connectivity index (χ0n) is 14.7. The number of benzene rings is 1. The maximum absolute atomic E-state index is 9.38. The first-order valence-corrected chi connectivity index (χ1v) is 8.59. The van der Waals surface area contributed by atoms with Crippen molar-refractivity contribution in [1.29, 1.82) is 0 Å². The average Bonchev–Trinajstić information content (AvgIpc) is 2.99. The monoisotopic (exact) mass is 325 g/mol. The summed E-state index contributed by atoms with van der Waals surface area (Å²) in [5, 5.41) is 15.1. The molecule has 1 aliphatic carbocycles. The van der Waals surface area contributed by atoms with Crippen molar-refractivity contribution in [2.75, 3.05) is 0 Å². The topological polar surface area (TPSA) is 58.9 Å². The Hall–Kier alpha value is -2.23. The lowest BCUT2D eigenvalue weighted by molar-refractivity contribution is 0.274. The van der Waals surface area contributed by atoms with Crippen LogP contribution in [0.15, 0.2) is 26.3 Å². The van der Waals surface area contributed by atoms with Crippen LogP contribution in [-0.4, -0.2) is 5.21 Å². The molecule has 4 nitrogen and oxygen atoms in total. The molecule has 4 rings (SSSR count). The molecule has 0 radical (unpaired) electrons. The Bertz CT molecular complexity index is 1020. The molecule has 0 atom stereocenters. The summed E-state index contributed by atoms with van der Waals surface area (Å²) in [6, 6.07) is 2.20. The minimum Gasteiger partial charge on any atom is -0.464 e. The SMILES string of the molecule is Cc1c2occ(C(C)(C)C)c2cc2c3c(/c(=N\O)oc12)CCCC3. The number of hydrogen-bond donors (Lipinski definition) is 1. The van der Waals surface area contributed by atoms with Gasteiger partial charge in [0.25, 0.3) is 5.55 Å². The van der Waals surface area contributed by atoms with Gasteiger partial charge in [-0.1, -0.05) is 20.8 Å². The Labute approximate surface area is 140 Å². The molecule has 24 heavy (non-hydrogen) atoms. The molecule has 2 heterocycles. The zero-order valence-corrected chi connectivity index (χ0v) is 14.7. The zero-order chi connectivity index (χ0) is 17.1. The molecule has 0 fully saturated rings. The third-order valence-electron chi connectivity index (χ3n) is 5.19. The lowest BCUT2D eigenvalue weighted by atomic mass is 9.85. The minimum atomic E-state index is 0.0168. The molecule has 2 aromatic heterocycles. The molecule has 1 aromatic carbocycles. The Morgan fingerprint density at radius 1 is 1.04 bits per heavy atom. The molecule has 0 aliphatic heterocycles. The van der Waals surface area contributed by atoms with Gasteiger partial charge in [-0.05, 0) is 54.8 Å². The van der Waals surface area contributed by atoms with Crippen LogP contribution in [0.25, 0.3) is 21.9 Å². The molecule has 4 heteroatoms. The summed E-state index contributed by atoms with van der Waals surface area (Å²) in [5.41, 5.74) is 6.49. The molecular formula is C20H23NO3. The Kier molecular flexibility index (Phi) is 3.27. The van der Waals surface area contributed by atoms with E-state index in [-0.39, 0.29) is 5.41 Å². The predicted molar refractivity (Wildman–Crippen MR) is 93.4 cm³/mol. The van der Waals surface area contributed by atoms with E-state index in [0.29, 0.717) is 5.55 Å². The Balaban J connectivity index is 2.18. The molecule has 1 aliphatic rings. The van der Waals surface area contributed by atoms with Crippen LogP contribution in [0, 0.1) is 6.92 Å². The van der Waals surface area contributed by atoms with Crippen LogP contribution < -0.4 is 5.55 Å². The van der Waals surface area contributed by atoms with Gasteiger partial charge in [-0.25, -0.2) is 0 Å². The summed E-state index contributed by atoms with van der Waals surface area (Å²) in [6.45, 7) is 8.61. The molecule has 0 bridgehead atoms. The van der Waals surface area contributed by atoms with E-state index in [9.17, 15) is 5.21 Å². The number of nitrogens with zero attached hydrogens (tertiary/aromatic N) is 1. The second-order valence-electron chi connectivity index (χ2n) is 7.83. The first-order chi connectivity index (χ1) is 11.4. The van der Waals surface area contributed by atoms with Crippen molar-refractivity contribution >= 4 is 21.9 Å². The maximum Gasteiger partial charge on any atom is 0.259 e. The van der Waals surface area contributed by atoms with Crippen molar-refractivity contribution in [3.8, 4) is 0 Å². The summed E-state index contributed by atoms with van der Waals surface area (Å²) >= 11 is 0. The van der Waals surface area contributed by atoms with Gasteiger partial charge >= 0.3 is 0 Å². The fourth-order valence-electron chi connectivity index (χ4n) is 3.93. The smallest absolute Gasteiger partial charge is 0.259 e.